The Hall–Kier alpha value is -1.68. The summed E-state index contributed by atoms with van der Waals surface area (Å²) in [5.74, 6) is 7.43. The average Bonchev–Trinajstić information content (AvgIpc) is 3.17. The SMILES string of the molecule is CC(C)(O)C#Cc1ccc(CN2CCC(c3ncn[nH]3)CC2)s1. The summed E-state index contributed by atoms with van der Waals surface area (Å²) in [5, 5.41) is 16.6. The normalized spacial score (nSPS) is 17.0. The molecule has 122 valence electrons. The molecule has 3 heterocycles. The van der Waals surface area contributed by atoms with Gasteiger partial charge in [-0.3, -0.25) is 10.00 Å². The Morgan fingerprint density at radius 2 is 2.17 bits per heavy atom. The van der Waals surface area contributed by atoms with Gasteiger partial charge in [0.05, 0.1) is 4.88 Å². The highest BCUT2D eigenvalue weighted by molar-refractivity contribution is 7.12. The third-order valence-corrected chi connectivity index (χ3v) is 4.93. The van der Waals surface area contributed by atoms with Gasteiger partial charge in [-0.1, -0.05) is 11.8 Å². The van der Waals surface area contributed by atoms with Crippen molar-refractivity contribution in [3.8, 4) is 11.8 Å². The van der Waals surface area contributed by atoms with Gasteiger partial charge in [0, 0.05) is 17.3 Å². The van der Waals surface area contributed by atoms with Crippen molar-refractivity contribution in [3.05, 3.63) is 34.0 Å². The molecule has 5 nitrogen and oxygen atoms in total. The van der Waals surface area contributed by atoms with E-state index in [-0.39, 0.29) is 0 Å². The van der Waals surface area contributed by atoms with E-state index in [0.717, 1.165) is 43.2 Å². The number of nitrogens with one attached hydrogen (secondary N) is 1. The highest BCUT2D eigenvalue weighted by Crippen LogP contribution is 2.27. The highest BCUT2D eigenvalue weighted by atomic mass is 32.1. The molecule has 1 saturated heterocycles. The molecule has 0 aromatic carbocycles. The molecule has 3 rings (SSSR count). The van der Waals surface area contributed by atoms with E-state index in [1.807, 2.05) is 6.07 Å². The molecule has 1 aliphatic heterocycles. The van der Waals surface area contributed by atoms with Crippen LogP contribution >= 0.6 is 11.3 Å². The maximum absolute atomic E-state index is 9.66. The van der Waals surface area contributed by atoms with Crippen LogP contribution in [0.15, 0.2) is 18.5 Å². The third-order valence-electron chi connectivity index (χ3n) is 3.94. The van der Waals surface area contributed by atoms with E-state index in [9.17, 15) is 5.11 Å². The number of aromatic nitrogens is 3. The van der Waals surface area contributed by atoms with Crippen LogP contribution in [0, 0.1) is 11.8 Å². The molecule has 2 aromatic rings. The van der Waals surface area contributed by atoms with Crippen LogP contribution in [-0.4, -0.2) is 43.9 Å². The minimum atomic E-state index is -0.938. The Labute approximate surface area is 140 Å². The fourth-order valence-corrected chi connectivity index (χ4v) is 3.64. The zero-order chi connectivity index (χ0) is 16.3. The van der Waals surface area contributed by atoms with Gasteiger partial charge in [-0.05, 0) is 51.9 Å². The number of likely N-dealkylation sites (tertiary alicyclic amines) is 1. The second-order valence-electron chi connectivity index (χ2n) is 6.50. The predicted molar refractivity (Wildman–Crippen MR) is 91.1 cm³/mol. The van der Waals surface area contributed by atoms with Gasteiger partial charge in [0.1, 0.15) is 17.8 Å². The van der Waals surface area contributed by atoms with Crippen molar-refractivity contribution in [2.45, 2.75) is 44.8 Å². The molecular weight excluding hydrogens is 308 g/mol. The molecule has 1 fully saturated rings. The zero-order valence-electron chi connectivity index (χ0n) is 13.5. The quantitative estimate of drug-likeness (QED) is 0.848. The van der Waals surface area contributed by atoms with Crippen molar-refractivity contribution in [2.75, 3.05) is 13.1 Å². The molecule has 0 saturated carbocycles. The number of thiophene rings is 1. The van der Waals surface area contributed by atoms with Gasteiger partial charge in [0.2, 0.25) is 0 Å². The molecule has 2 aromatic heterocycles. The number of nitrogens with zero attached hydrogens (tertiary/aromatic N) is 3. The number of hydrogen-bond donors (Lipinski definition) is 2. The summed E-state index contributed by atoms with van der Waals surface area (Å²) in [7, 11) is 0. The summed E-state index contributed by atoms with van der Waals surface area (Å²) >= 11 is 1.71. The van der Waals surface area contributed by atoms with Crippen molar-refractivity contribution in [2.24, 2.45) is 0 Å². The van der Waals surface area contributed by atoms with Gasteiger partial charge >= 0.3 is 0 Å². The molecule has 0 bridgehead atoms. The number of hydrogen-bond acceptors (Lipinski definition) is 5. The first kappa shape index (κ1) is 16.2. The maximum atomic E-state index is 9.66. The molecule has 0 radical (unpaired) electrons. The van der Waals surface area contributed by atoms with Gasteiger partial charge in [0.15, 0.2) is 0 Å². The number of aromatic amines is 1. The first-order valence-corrected chi connectivity index (χ1v) is 8.73. The fraction of sp³-hybridized carbons (Fsp3) is 0.529. The topological polar surface area (TPSA) is 65.0 Å². The minimum Gasteiger partial charge on any atom is -0.378 e. The van der Waals surface area contributed by atoms with E-state index in [0.29, 0.717) is 5.92 Å². The number of rotatable bonds is 3. The van der Waals surface area contributed by atoms with Gasteiger partial charge < -0.3 is 5.11 Å². The molecule has 1 aliphatic rings. The molecule has 23 heavy (non-hydrogen) atoms. The van der Waals surface area contributed by atoms with E-state index in [2.05, 4.69) is 38.0 Å². The summed E-state index contributed by atoms with van der Waals surface area (Å²) in [6.45, 7) is 6.53. The van der Waals surface area contributed by atoms with Gasteiger partial charge in [-0.15, -0.1) is 11.3 Å². The number of piperidine rings is 1. The Morgan fingerprint density at radius 1 is 1.39 bits per heavy atom. The lowest BCUT2D eigenvalue weighted by atomic mass is 9.96. The van der Waals surface area contributed by atoms with Crippen molar-refractivity contribution in [1.82, 2.24) is 20.1 Å². The lowest BCUT2D eigenvalue weighted by Crippen LogP contribution is -2.32. The van der Waals surface area contributed by atoms with E-state index in [4.69, 9.17) is 0 Å². The molecule has 2 N–H and O–H groups in total. The Morgan fingerprint density at radius 3 is 2.83 bits per heavy atom. The molecule has 0 spiro atoms. The molecule has 0 unspecified atom stereocenters. The molecule has 0 amide bonds. The smallest absolute Gasteiger partial charge is 0.137 e. The van der Waals surface area contributed by atoms with E-state index < -0.39 is 5.60 Å². The first-order valence-electron chi connectivity index (χ1n) is 7.91. The van der Waals surface area contributed by atoms with Gasteiger partial charge in [0.25, 0.3) is 0 Å². The Bertz CT molecular complexity index is 682. The standard InChI is InChI=1S/C17H22N4OS/c1-17(2,22)8-5-14-3-4-15(23-14)11-21-9-6-13(7-10-21)16-18-12-19-20-16/h3-4,12-13,22H,6-7,9-11H2,1-2H3,(H,18,19,20). The van der Waals surface area contributed by atoms with Crippen LogP contribution in [0.4, 0.5) is 0 Å². The fourth-order valence-electron chi connectivity index (χ4n) is 2.74. The van der Waals surface area contributed by atoms with Crippen LogP contribution in [0.3, 0.4) is 0 Å². The van der Waals surface area contributed by atoms with Crippen molar-refractivity contribution >= 4 is 11.3 Å². The zero-order valence-corrected chi connectivity index (χ0v) is 14.4. The van der Waals surface area contributed by atoms with Crippen LogP contribution in [0.5, 0.6) is 0 Å². The Kier molecular flexibility index (Phi) is 4.81. The van der Waals surface area contributed by atoms with Crippen molar-refractivity contribution in [1.29, 1.82) is 0 Å². The second kappa shape index (κ2) is 6.83. The van der Waals surface area contributed by atoms with Crippen LogP contribution in [-0.2, 0) is 6.54 Å². The molecule has 0 aliphatic carbocycles. The minimum absolute atomic E-state index is 0.505. The summed E-state index contributed by atoms with van der Waals surface area (Å²) in [6.07, 6.45) is 3.82. The average molecular weight is 330 g/mol. The highest BCUT2D eigenvalue weighted by Gasteiger charge is 2.22. The molecule has 6 heteroatoms. The first-order chi connectivity index (χ1) is 11.0. The predicted octanol–water partition coefficient (Wildman–Crippen LogP) is 2.37. The summed E-state index contributed by atoms with van der Waals surface area (Å²) in [5.41, 5.74) is -0.938. The van der Waals surface area contributed by atoms with Crippen LogP contribution < -0.4 is 0 Å². The van der Waals surface area contributed by atoms with E-state index in [1.165, 1.54) is 4.88 Å². The molecule has 0 atom stereocenters. The van der Waals surface area contributed by atoms with E-state index >= 15 is 0 Å². The monoisotopic (exact) mass is 330 g/mol. The van der Waals surface area contributed by atoms with E-state index in [1.54, 1.807) is 31.5 Å². The van der Waals surface area contributed by atoms with Crippen LogP contribution in [0.1, 0.15) is 48.2 Å². The maximum Gasteiger partial charge on any atom is 0.137 e. The summed E-state index contributed by atoms with van der Waals surface area (Å²) < 4.78 is 0. The summed E-state index contributed by atoms with van der Waals surface area (Å²) in [6, 6.07) is 4.18. The van der Waals surface area contributed by atoms with Gasteiger partial charge in [-0.25, -0.2) is 4.98 Å². The number of H-pyrrole nitrogens is 1. The lowest BCUT2D eigenvalue weighted by molar-refractivity contribution is 0.143. The molecular formula is C17H22N4OS. The van der Waals surface area contributed by atoms with Gasteiger partial charge in [-0.2, -0.15) is 5.10 Å². The van der Waals surface area contributed by atoms with Crippen molar-refractivity contribution < 1.29 is 5.11 Å². The van der Waals surface area contributed by atoms with Crippen molar-refractivity contribution in [3.63, 3.8) is 0 Å². The lowest BCUT2D eigenvalue weighted by Gasteiger charge is -2.30. The third kappa shape index (κ3) is 4.64. The Balaban J connectivity index is 1.53. The summed E-state index contributed by atoms with van der Waals surface area (Å²) in [4.78, 5) is 9.09. The number of aliphatic hydroxyl groups is 1. The van der Waals surface area contributed by atoms with Crippen LogP contribution in [0.25, 0.3) is 0 Å². The largest absolute Gasteiger partial charge is 0.378 e. The van der Waals surface area contributed by atoms with Crippen LogP contribution in [0.2, 0.25) is 0 Å². The second-order valence-corrected chi connectivity index (χ2v) is 7.66.